The van der Waals surface area contributed by atoms with Crippen LogP contribution in [0.3, 0.4) is 0 Å². The number of rotatable bonds is 59. The lowest BCUT2D eigenvalue weighted by molar-refractivity contribution is -0.167. The molecule has 0 amide bonds. The van der Waals surface area contributed by atoms with Crippen LogP contribution >= 0.6 is 0 Å². The van der Waals surface area contributed by atoms with Crippen LogP contribution in [0.5, 0.6) is 0 Å². The molecular formula is C69H122O6. The molecule has 0 aromatic carbocycles. The van der Waals surface area contributed by atoms with E-state index in [-0.39, 0.29) is 31.1 Å². The lowest BCUT2D eigenvalue weighted by atomic mass is 10.0. The van der Waals surface area contributed by atoms with Gasteiger partial charge in [0.05, 0.1) is 0 Å². The maximum Gasteiger partial charge on any atom is 0.306 e. The molecule has 0 aliphatic heterocycles. The molecule has 0 aromatic rings. The number of allylic oxidation sites excluding steroid dienone is 12. The molecule has 0 spiro atoms. The van der Waals surface area contributed by atoms with Crippen molar-refractivity contribution in [2.75, 3.05) is 13.2 Å². The standard InChI is InChI=1S/C69H122O6/c1-4-7-10-13-16-19-22-25-27-29-31-33-34-36-37-39-41-44-47-50-53-56-59-62-68(71)74-65-66(64-73-67(70)61-58-55-52-49-46-43-24-21-18-15-12-9-6-3)75-69(72)63-60-57-54-51-48-45-42-40-38-35-32-30-28-26-23-20-17-14-11-8-5-2/h8,11,17,20,26,28-29,31-32,35,40,42,66H,4-7,9-10,12-16,18-19,21-25,27,30,33-34,36-39,41,43-65H2,1-3H3/b11-8-,20-17-,28-26-,31-29-,35-32-,42-40-. The smallest absolute Gasteiger partial charge is 0.306 e. The average Bonchev–Trinajstić information content (AvgIpc) is 3.41. The molecule has 0 N–H and O–H groups in total. The normalized spacial score (nSPS) is 12.5. The van der Waals surface area contributed by atoms with Crippen molar-refractivity contribution in [1.82, 2.24) is 0 Å². The van der Waals surface area contributed by atoms with Gasteiger partial charge in [0.2, 0.25) is 0 Å². The Hall–Kier alpha value is -3.15. The molecule has 1 atom stereocenters. The quantitative estimate of drug-likeness (QED) is 0.0261. The van der Waals surface area contributed by atoms with E-state index in [1.54, 1.807) is 0 Å². The fraction of sp³-hybridized carbons (Fsp3) is 0.783. The molecule has 434 valence electrons. The second-order valence-electron chi connectivity index (χ2n) is 21.6. The Bertz CT molecular complexity index is 1390. The Labute approximate surface area is 465 Å². The van der Waals surface area contributed by atoms with E-state index in [1.165, 1.54) is 180 Å². The van der Waals surface area contributed by atoms with Crippen LogP contribution in [0.25, 0.3) is 0 Å². The molecule has 0 radical (unpaired) electrons. The van der Waals surface area contributed by atoms with E-state index in [1.807, 2.05) is 0 Å². The average molecular weight is 1050 g/mol. The predicted octanol–water partition coefficient (Wildman–Crippen LogP) is 22.1. The Morgan fingerprint density at radius 1 is 0.280 bits per heavy atom. The predicted molar refractivity (Wildman–Crippen MR) is 325 cm³/mol. The van der Waals surface area contributed by atoms with Gasteiger partial charge in [0, 0.05) is 19.3 Å². The van der Waals surface area contributed by atoms with Crippen LogP contribution in [-0.2, 0) is 28.6 Å². The van der Waals surface area contributed by atoms with Crippen molar-refractivity contribution < 1.29 is 28.6 Å². The highest BCUT2D eigenvalue weighted by atomic mass is 16.6. The zero-order valence-corrected chi connectivity index (χ0v) is 49.8. The number of esters is 3. The summed E-state index contributed by atoms with van der Waals surface area (Å²) in [6.45, 7) is 6.55. The first-order valence-corrected chi connectivity index (χ1v) is 32.4. The Morgan fingerprint density at radius 3 is 0.827 bits per heavy atom. The van der Waals surface area contributed by atoms with Crippen LogP contribution in [0.4, 0.5) is 0 Å². The van der Waals surface area contributed by atoms with Crippen molar-refractivity contribution in [2.24, 2.45) is 0 Å². The zero-order valence-electron chi connectivity index (χ0n) is 49.8. The van der Waals surface area contributed by atoms with Crippen molar-refractivity contribution in [3.8, 4) is 0 Å². The third-order valence-corrected chi connectivity index (χ3v) is 14.2. The summed E-state index contributed by atoms with van der Waals surface area (Å²) >= 11 is 0. The Kier molecular flexibility index (Phi) is 60.7. The van der Waals surface area contributed by atoms with Crippen LogP contribution < -0.4 is 0 Å². The molecule has 1 unspecified atom stereocenters. The van der Waals surface area contributed by atoms with E-state index < -0.39 is 6.10 Å². The molecule has 6 nitrogen and oxygen atoms in total. The summed E-state index contributed by atoms with van der Waals surface area (Å²) in [4.78, 5) is 38.3. The fourth-order valence-corrected chi connectivity index (χ4v) is 9.35. The van der Waals surface area contributed by atoms with Gasteiger partial charge in [-0.3, -0.25) is 14.4 Å². The maximum atomic E-state index is 12.9. The van der Waals surface area contributed by atoms with Gasteiger partial charge in [-0.1, -0.05) is 293 Å². The molecule has 0 fully saturated rings. The molecule has 0 bridgehead atoms. The summed E-state index contributed by atoms with van der Waals surface area (Å²) in [5, 5.41) is 0. The minimum atomic E-state index is -0.785. The van der Waals surface area contributed by atoms with Crippen molar-refractivity contribution >= 4 is 17.9 Å². The molecule has 0 heterocycles. The Morgan fingerprint density at radius 2 is 0.520 bits per heavy atom. The topological polar surface area (TPSA) is 78.9 Å². The van der Waals surface area contributed by atoms with Crippen molar-refractivity contribution in [3.63, 3.8) is 0 Å². The van der Waals surface area contributed by atoms with Crippen LogP contribution in [-0.4, -0.2) is 37.2 Å². The van der Waals surface area contributed by atoms with Gasteiger partial charge in [-0.15, -0.1) is 0 Å². The summed E-state index contributed by atoms with van der Waals surface area (Å²) in [5.74, 6) is -0.884. The van der Waals surface area contributed by atoms with Crippen LogP contribution in [0.2, 0.25) is 0 Å². The molecule has 0 aliphatic rings. The van der Waals surface area contributed by atoms with E-state index >= 15 is 0 Å². The largest absolute Gasteiger partial charge is 0.462 e. The first kappa shape index (κ1) is 71.8. The third-order valence-electron chi connectivity index (χ3n) is 14.2. The third kappa shape index (κ3) is 61.6. The van der Waals surface area contributed by atoms with Gasteiger partial charge < -0.3 is 14.2 Å². The summed E-state index contributed by atoms with van der Waals surface area (Å²) in [5.41, 5.74) is 0. The lowest BCUT2D eigenvalue weighted by Crippen LogP contribution is -2.30. The second-order valence-corrected chi connectivity index (χ2v) is 21.6. The molecular weight excluding hydrogens is 925 g/mol. The molecule has 0 aliphatic carbocycles. The van der Waals surface area contributed by atoms with Crippen LogP contribution in [0.1, 0.15) is 329 Å². The molecule has 75 heavy (non-hydrogen) atoms. The summed E-state index contributed by atoms with van der Waals surface area (Å²) < 4.78 is 16.9. The molecule has 0 rings (SSSR count). The van der Waals surface area contributed by atoms with Gasteiger partial charge in [0.15, 0.2) is 6.10 Å². The van der Waals surface area contributed by atoms with Gasteiger partial charge in [-0.25, -0.2) is 0 Å². The number of ether oxygens (including phenoxy) is 3. The van der Waals surface area contributed by atoms with Gasteiger partial charge in [0.1, 0.15) is 13.2 Å². The van der Waals surface area contributed by atoms with E-state index in [4.69, 9.17) is 14.2 Å². The maximum absolute atomic E-state index is 12.9. The summed E-state index contributed by atoms with van der Waals surface area (Å²) in [6.07, 6.45) is 81.9. The monoisotopic (exact) mass is 1050 g/mol. The lowest BCUT2D eigenvalue weighted by Gasteiger charge is -2.18. The first-order valence-electron chi connectivity index (χ1n) is 32.4. The van der Waals surface area contributed by atoms with E-state index in [0.29, 0.717) is 19.3 Å². The number of carbonyl (C=O) groups is 3. The highest BCUT2D eigenvalue weighted by molar-refractivity contribution is 5.71. The highest BCUT2D eigenvalue weighted by Gasteiger charge is 2.19. The van der Waals surface area contributed by atoms with E-state index in [2.05, 4.69) is 93.7 Å². The summed E-state index contributed by atoms with van der Waals surface area (Å²) in [6, 6.07) is 0. The molecule has 0 saturated heterocycles. The fourth-order valence-electron chi connectivity index (χ4n) is 9.35. The van der Waals surface area contributed by atoms with Gasteiger partial charge in [-0.2, -0.15) is 0 Å². The zero-order chi connectivity index (χ0) is 54.3. The first-order chi connectivity index (χ1) is 37.0. The van der Waals surface area contributed by atoms with Crippen molar-refractivity contribution in [3.05, 3.63) is 72.9 Å². The highest BCUT2D eigenvalue weighted by Crippen LogP contribution is 2.17. The number of hydrogen-bond acceptors (Lipinski definition) is 6. The van der Waals surface area contributed by atoms with Crippen LogP contribution in [0.15, 0.2) is 72.9 Å². The second kappa shape index (κ2) is 63.4. The number of unbranched alkanes of at least 4 members (excludes halogenated alkanes) is 36. The molecule has 0 saturated carbocycles. The molecule has 6 heteroatoms. The van der Waals surface area contributed by atoms with Crippen LogP contribution in [0, 0.1) is 0 Å². The molecule has 0 aromatic heterocycles. The van der Waals surface area contributed by atoms with Gasteiger partial charge in [-0.05, 0) is 89.9 Å². The van der Waals surface area contributed by atoms with Crippen molar-refractivity contribution in [2.45, 2.75) is 335 Å². The van der Waals surface area contributed by atoms with Gasteiger partial charge >= 0.3 is 17.9 Å². The van der Waals surface area contributed by atoms with E-state index in [9.17, 15) is 14.4 Å². The summed E-state index contributed by atoms with van der Waals surface area (Å²) in [7, 11) is 0. The number of hydrogen-bond donors (Lipinski definition) is 0. The minimum Gasteiger partial charge on any atom is -0.462 e. The van der Waals surface area contributed by atoms with E-state index in [0.717, 1.165) is 109 Å². The minimum absolute atomic E-state index is 0.0805. The SMILES string of the molecule is CC/C=C\C/C=C\C/C=C\C/C=C\C/C=C\CCCCCCCC(=O)OC(COC(=O)CCCCCCCCCCCCC/C=C\CCCCCCCCCC)COC(=O)CCCCCCCCCCCCCCC. The van der Waals surface area contributed by atoms with Gasteiger partial charge in [0.25, 0.3) is 0 Å². The number of carbonyl (C=O) groups excluding carboxylic acids is 3. The van der Waals surface area contributed by atoms with Crippen molar-refractivity contribution in [1.29, 1.82) is 0 Å². The Balaban J connectivity index is 4.34.